The zero-order chi connectivity index (χ0) is 15.4. The summed E-state index contributed by atoms with van der Waals surface area (Å²) in [4.78, 5) is 12.0. The van der Waals surface area contributed by atoms with E-state index in [1.807, 2.05) is 0 Å². The predicted molar refractivity (Wildman–Crippen MR) is 76.6 cm³/mol. The number of amides is 1. The van der Waals surface area contributed by atoms with Crippen LogP contribution < -0.4 is 10.1 Å². The molecule has 1 aliphatic heterocycles. The number of nitrogens with one attached hydrogen (secondary N) is 1. The summed E-state index contributed by atoms with van der Waals surface area (Å²) >= 11 is 0. The number of carbonyl (C=O) groups excluding carboxylic acids is 1. The fraction of sp³-hybridized carbons (Fsp3) is 0.733. The second kappa shape index (κ2) is 6.66. The highest BCUT2D eigenvalue weighted by molar-refractivity contribution is 5.91. The van der Waals surface area contributed by atoms with Crippen molar-refractivity contribution in [2.45, 2.75) is 50.4 Å². The van der Waals surface area contributed by atoms with E-state index in [2.05, 4.69) is 10.5 Å². The van der Waals surface area contributed by atoms with Crippen LogP contribution in [0.1, 0.15) is 49.1 Å². The minimum atomic E-state index is -0.429. The van der Waals surface area contributed by atoms with E-state index in [1.54, 1.807) is 0 Å². The van der Waals surface area contributed by atoms with Crippen LogP contribution in [0.2, 0.25) is 0 Å². The Morgan fingerprint density at radius 2 is 2.18 bits per heavy atom. The minimum Gasteiger partial charge on any atom is -0.479 e. The van der Waals surface area contributed by atoms with Gasteiger partial charge in [-0.3, -0.25) is 4.79 Å². The molecule has 1 atom stereocenters. The van der Waals surface area contributed by atoms with E-state index in [0.717, 1.165) is 25.7 Å². The van der Waals surface area contributed by atoms with Crippen LogP contribution in [-0.4, -0.2) is 43.2 Å². The molecule has 1 N–H and O–H groups in total. The molecule has 1 aromatic heterocycles. The Kier molecular flexibility index (Phi) is 4.63. The Balaban J connectivity index is 1.49. The van der Waals surface area contributed by atoms with Gasteiger partial charge in [-0.25, -0.2) is 0 Å². The molecule has 1 aliphatic carbocycles. The summed E-state index contributed by atoms with van der Waals surface area (Å²) < 4.78 is 21.8. The fourth-order valence-electron chi connectivity index (χ4n) is 3.00. The lowest BCUT2D eigenvalue weighted by Crippen LogP contribution is -2.35. The van der Waals surface area contributed by atoms with E-state index in [4.69, 9.17) is 18.7 Å². The lowest BCUT2D eigenvalue weighted by atomic mass is 10.1. The molecule has 0 bridgehead atoms. The van der Waals surface area contributed by atoms with Gasteiger partial charge in [0.25, 0.3) is 11.8 Å². The van der Waals surface area contributed by atoms with Gasteiger partial charge in [0.1, 0.15) is 6.10 Å². The molecule has 1 saturated heterocycles. The first-order valence-electron chi connectivity index (χ1n) is 7.81. The highest BCUT2D eigenvalue weighted by Gasteiger charge is 2.41. The highest BCUT2D eigenvalue weighted by atomic mass is 16.7. The number of nitrogens with zero attached hydrogens (tertiary/aromatic N) is 1. The number of aromatic nitrogens is 1. The highest BCUT2D eigenvalue weighted by Crippen LogP contribution is 2.36. The number of methoxy groups -OCH3 is 1. The largest absolute Gasteiger partial charge is 0.479 e. The Morgan fingerprint density at radius 3 is 2.86 bits per heavy atom. The number of hydrogen-bond donors (Lipinski definition) is 1. The first-order valence-corrected chi connectivity index (χ1v) is 7.81. The summed E-state index contributed by atoms with van der Waals surface area (Å²) in [5, 5.41) is 6.38. The summed E-state index contributed by atoms with van der Waals surface area (Å²) in [5.74, 6) is -0.356. The molecule has 1 spiro atoms. The zero-order valence-corrected chi connectivity index (χ0v) is 12.8. The molecule has 1 unspecified atom stereocenters. The van der Waals surface area contributed by atoms with Gasteiger partial charge in [0.05, 0.1) is 19.8 Å². The van der Waals surface area contributed by atoms with Crippen molar-refractivity contribution in [2.75, 3.05) is 20.3 Å². The van der Waals surface area contributed by atoms with Crippen molar-refractivity contribution >= 4 is 5.91 Å². The average Bonchev–Trinajstić information content (AvgIpc) is 3.09. The molecule has 122 valence electrons. The molecule has 2 fully saturated rings. The Morgan fingerprint density at radius 1 is 1.41 bits per heavy atom. The molecule has 1 amide bonds. The lowest BCUT2D eigenvalue weighted by molar-refractivity contribution is -0.175. The van der Waals surface area contributed by atoms with Crippen molar-refractivity contribution in [3.05, 3.63) is 11.8 Å². The number of ether oxygens (including phenoxy) is 3. The Labute approximate surface area is 129 Å². The molecule has 0 aromatic carbocycles. The molecular formula is C15H22N2O5. The SMILES string of the molecule is COc1cc(C(=O)NCC2COC3(CCCCCC3)O2)on1. The normalized spacial score (nSPS) is 24.1. The van der Waals surface area contributed by atoms with Crippen molar-refractivity contribution in [3.63, 3.8) is 0 Å². The van der Waals surface area contributed by atoms with Gasteiger partial charge in [-0.2, -0.15) is 0 Å². The Bertz CT molecular complexity index is 508. The fourth-order valence-corrected chi connectivity index (χ4v) is 3.00. The molecule has 2 heterocycles. The molecule has 7 heteroatoms. The third kappa shape index (κ3) is 3.41. The Hall–Kier alpha value is -1.60. The number of carbonyl (C=O) groups is 1. The maximum atomic E-state index is 12.0. The monoisotopic (exact) mass is 310 g/mol. The van der Waals surface area contributed by atoms with Crippen molar-refractivity contribution < 1.29 is 23.5 Å². The van der Waals surface area contributed by atoms with Gasteiger partial charge in [0.15, 0.2) is 5.79 Å². The second-order valence-corrected chi connectivity index (χ2v) is 5.82. The van der Waals surface area contributed by atoms with Crippen LogP contribution in [0.3, 0.4) is 0 Å². The van der Waals surface area contributed by atoms with Gasteiger partial charge in [-0.1, -0.05) is 12.8 Å². The van der Waals surface area contributed by atoms with Crippen LogP contribution in [0, 0.1) is 0 Å². The summed E-state index contributed by atoms with van der Waals surface area (Å²) in [6.45, 7) is 0.906. The predicted octanol–water partition coefficient (Wildman–Crippen LogP) is 1.88. The van der Waals surface area contributed by atoms with Crippen LogP contribution in [0.25, 0.3) is 0 Å². The van der Waals surface area contributed by atoms with Crippen LogP contribution in [0.15, 0.2) is 10.6 Å². The third-order valence-electron chi connectivity index (χ3n) is 4.19. The maximum Gasteiger partial charge on any atom is 0.290 e. The van der Waals surface area contributed by atoms with Crippen LogP contribution in [-0.2, 0) is 9.47 Å². The van der Waals surface area contributed by atoms with E-state index >= 15 is 0 Å². The first-order chi connectivity index (χ1) is 10.7. The minimum absolute atomic E-state index is 0.119. The molecule has 3 rings (SSSR count). The van der Waals surface area contributed by atoms with E-state index in [-0.39, 0.29) is 23.7 Å². The van der Waals surface area contributed by atoms with Crippen LogP contribution in [0.4, 0.5) is 0 Å². The standard InChI is InChI=1S/C15H22N2O5/c1-19-13-8-12(22-17-13)14(18)16-9-11-10-20-15(21-11)6-4-2-3-5-7-15/h8,11H,2-7,9-10H2,1H3,(H,16,18). The van der Waals surface area contributed by atoms with Gasteiger partial charge < -0.3 is 24.1 Å². The average molecular weight is 310 g/mol. The van der Waals surface area contributed by atoms with E-state index < -0.39 is 5.79 Å². The third-order valence-corrected chi connectivity index (χ3v) is 4.19. The maximum absolute atomic E-state index is 12.0. The summed E-state index contributed by atoms with van der Waals surface area (Å²) in [6.07, 6.45) is 6.51. The molecule has 2 aliphatic rings. The number of rotatable bonds is 4. The van der Waals surface area contributed by atoms with Gasteiger partial charge in [-0.05, 0) is 18.0 Å². The molecule has 1 aromatic rings. The van der Waals surface area contributed by atoms with Crippen molar-refractivity contribution in [1.82, 2.24) is 10.5 Å². The van der Waals surface area contributed by atoms with Gasteiger partial charge in [0, 0.05) is 19.4 Å². The summed E-state index contributed by atoms with van der Waals surface area (Å²) in [7, 11) is 1.47. The second-order valence-electron chi connectivity index (χ2n) is 5.82. The van der Waals surface area contributed by atoms with Gasteiger partial charge >= 0.3 is 0 Å². The van der Waals surface area contributed by atoms with E-state index in [1.165, 1.54) is 26.0 Å². The number of hydrogen-bond acceptors (Lipinski definition) is 6. The van der Waals surface area contributed by atoms with Crippen molar-refractivity contribution in [3.8, 4) is 5.88 Å². The molecule has 22 heavy (non-hydrogen) atoms. The molecular weight excluding hydrogens is 288 g/mol. The van der Waals surface area contributed by atoms with Crippen molar-refractivity contribution in [1.29, 1.82) is 0 Å². The molecule has 0 radical (unpaired) electrons. The van der Waals surface area contributed by atoms with E-state index in [0.29, 0.717) is 13.2 Å². The van der Waals surface area contributed by atoms with Gasteiger partial charge in [-0.15, -0.1) is 0 Å². The molecule has 1 saturated carbocycles. The smallest absolute Gasteiger partial charge is 0.290 e. The summed E-state index contributed by atoms with van der Waals surface area (Å²) in [6, 6.07) is 1.45. The lowest BCUT2D eigenvalue weighted by Gasteiger charge is -2.26. The van der Waals surface area contributed by atoms with Crippen LogP contribution in [0.5, 0.6) is 5.88 Å². The quantitative estimate of drug-likeness (QED) is 0.914. The zero-order valence-electron chi connectivity index (χ0n) is 12.8. The van der Waals surface area contributed by atoms with E-state index in [9.17, 15) is 4.79 Å². The topological polar surface area (TPSA) is 82.8 Å². The van der Waals surface area contributed by atoms with Crippen LogP contribution >= 0.6 is 0 Å². The van der Waals surface area contributed by atoms with Gasteiger partial charge in [0.2, 0.25) is 5.76 Å². The first kappa shape index (κ1) is 15.3. The molecule has 7 nitrogen and oxygen atoms in total. The summed E-state index contributed by atoms with van der Waals surface area (Å²) in [5.41, 5.74) is 0. The van der Waals surface area contributed by atoms with Crippen molar-refractivity contribution in [2.24, 2.45) is 0 Å².